The van der Waals surface area contributed by atoms with Crippen molar-refractivity contribution in [3.63, 3.8) is 0 Å². The maximum Gasteiger partial charge on any atom is 0.249 e. The van der Waals surface area contributed by atoms with Crippen LogP contribution in [0.15, 0.2) is 47.3 Å². The van der Waals surface area contributed by atoms with Gasteiger partial charge in [-0.2, -0.15) is 4.98 Å². The van der Waals surface area contributed by atoms with Gasteiger partial charge in [-0.1, -0.05) is 6.07 Å². The Morgan fingerprint density at radius 1 is 1.00 bits per heavy atom. The van der Waals surface area contributed by atoms with Crippen molar-refractivity contribution in [2.75, 3.05) is 50.8 Å². The van der Waals surface area contributed by atoms with Crippen LogP contribution in [-0.2, 0) is 0 Å². The maximum atomic E-state index is 12.2. The zero-order valence-electron chi connectivity index (χ0n) is 18.6. The van der Waals surface area contributed by atoms with Crippen LogP contribution >= 0.6 is 0 Å². The summed E-state index contributed by atoms with van der Waals surface area (Å²) in [5.74, 6) is 1.46. The Hall–Kier alpha value is -3.39. The summed E-state index contributed by atoms with van der Waals surface area (Å²) in [5.41, 5.74) is 2.14. The minimum absolute atomic E-state index is 0.166. The van der Waals surface area contributed by atoms with Gasteiger partial charge in [0.1, 0.15) is 5.65 Å². The van der Waals surface area contributed by atoms with Crippen LogP contribution in [0.1, 0.15) is 29.6 Å². The van der Waals surface area contributed by atoms with Gasteiger partial charge in [-0.05, 0) is 43.7 Å². The minimum Gasteiger partial charge on any atom is -0.490 e. The molecule has 1 N–H and O–H groups in total. The van der Waals surface area contributed by atoms with Gasteiger partial charge in [-0.15, -0.1) is 0 Å². The Labute approximate surface area is 192 Å². The van der Waals surface area contributed by atoms with Crippen molar-refractivity contribution < 1.29 is 14.3 Å². The molecule has 8 nitrogen and oxygen atoms in total. The number of carbonyl (C=O) groups excluding carboxylic acids is 1. The third kappa shape index (κ3) is 4.85. The van der Waals surface area contributed by atoms with Gasteiger partial charge in [-0.25, -0.2) is 0 Å². The average molecular weight is 449 g/mol. The number of carbonyl (C=O) groups is 1. The standard InChI is InChI=1S/C25H28N4O4/c30-21-10-17-33-24-19(21)4-3-5-20(24)29-14-12-28(13-15-29)11-1-2-16-32-23-9-7-18-6-8-22(31)26-25(18)27-23/h3-9H,1-2,10-17H2,(H,26,27,31). The lowest BCUT2D eigenvalue weighted by Crippen LogP contribution is -2.46. The maximum absolute atomic E-state index is 12.2. The van der Waals surface area contributed by atoms with Crippen LogP contribution in [0.3, 0.4) is 0 Å². The van der Waals surface area contributed by atoms with Crippen molar-refractivity contribution in [3.8, 4) is 11.6 Å². The number of unbranched alkanes of at least 4 members (excludes halogenated alkanes) is 1. The van der Waals surface area contributed by atoms with Gasteiger partial charge in [0.25, 0.3) is 0 Å². The van der Waals surface area contributed by atoms with Gasteiger partial charge in [0.05, 0.1) is 24.5 Å². The predicted molar refractivity (Wildman–Crippen MR) is 127 cm³/mol. The van der Waals surface area contributed by atoms with Crippen LogP contribution in [0, 0.1) is 0 Å². The predicted octanol–water partition coefficient (Wildman–Crippen LogP) is 2.87. The lowest BCUT2D eigenvalue weighted by molar-refractivity contribution is 0.0933. The normalized spacial score (nSPS) is 16.5. The number of nitrogens with one attached hydrogen (secondary N) is 1. The summed E-state index contributed by atoms with van der Waals surface area (Å²) in [6.45, 7) is 5.90. The van der Waals surface area contributed by atoms with Crippen molar-refractivity contribution in [3.05, 3.63) is 58.4 Å². The first kappa shape index (κ1) is 21.5. The molecule has 5 rings (SSSR count). The van der Waals surface area contributed by atoms with E-state index in [4.69, 9.17) is 9.47 Å². The van der Waals surface area contributed by atoms with Crippen LogP contribution in [0.4, 0.5) is 5.69 Å². The number of fused-ring (bicyclic) bond motifs is 2. The van der Waals surface area contributed by atoms with Crippen LogP contribution < -0.4 is 19.9 Å². The molecule has 8 heteroatoms. The molecule has 1 fully saturated rings. The number of piperazine rings is 1. The second-order valence-corrected chi connectivity index (χ2v) is 8.47. The Morgan fingerprint density at radius 3 is 2.73 bits per heavy atom. The molecule has 0 radical (unpaired) electrons. The highest BCUT2D eigenvalue weighted by Gasteiger charge is 2.25. The van der Waals surface area contributed by atoms with Crippen molar-refractivity contribution in [1.29, 1.82) is 0 Å². The second-order valence-electron chi connectivity index (χ2n) is 8.47. The summed E-state index contributed by atoms with van der Waals surface area (Å²) in [5, 5.41) is 0.885. The molecule has 0 saturated carbocycles. The van der Waals surface area contributed by atoms with Crippen LogP contribution in [0.25, 0.3) is 11.0 Å². The molecule has 33 heavy (non-hydrogen) atoms. The Balaban J connectivity index is 1.06. The quantitative estimate of drug-likeness (QED) is 0.556. The zero-order chi connectivity index (χ0) is 22.6. The molecule has 0 unspecified atom stereocenters. The molecule has 0 amide bonds. The van der Waals surface area contributed by atoms with Crippen LogP contribution in [-0.4, -0.2) is 66.6 Å². The molecule has 0 spiro atoms. The number of ether oxygens (including phenoxy) is 2. The molecular weight excluding hydrogens is 420 g/mol. The first-order valence-corrected chi connectivity index (χ1v) is 11.6. The fraction of sp³-hybridized carbons (Fsp3) is 0.400. The van der Waals surface area contributed by atoms with Crippen LogP contribution in [0.5, 0.6) is 11.6 Å². The number of nitrogens with zero attached hydrogens (tertiary/aromatic N) is 3. The van der Waals surface area contributed by atoms with Gasteiger partial charge in [0.2, 0.25) is 11.4 Å². The first-order chi connectivity index (χ1) is 16.2. The number of ketones is 1. The molecular formula is C25H28N4O4. The molecule has 2 aromatic heterocycles. The summed E-state index contributed by atoms with van der Waals surface area (Å²) in [7, 11) is 0. The van der Waals surface area contributed by atoms with E-state index in [0.29, 0.717) is 36.7 Å². The smallest absolute Gasteiger partial charge is 0.249 e. The highest BCUT2D eigenvalue weighted by atomic mass is 16.5. The minimum atomic E-state index is -0.166. The molecule has 1 saturated heterocycles. The Bertz CT molecular complexity index is 1200. The van der Waals surface area contributed by atoms with E-state index in [1.54, 1.807) is 6.07 Å². The van der Waals surface area contributed by atoms with E-state index >= 15 is 0 Å². The second kappa shape index (κ2) is 9.62. The number of pyridine rings is 2. The number of rotatable bonds is 7. The van der Waals surface area contributed by atoms with Gasteiger partial charge < -0.3 is 19.4 Å². The first-order valence-electron chi connectivity index (χ1n) is 11.6. The number of aromatic amines is 1. The monoisotopic (exact) mass is 448 g/mol. The number of hydrogen-bond acceptors (Lipinski definition) is 7. The molecule has 0 bridgehead atoms. The fourth-order valence-electron chi connectivity index (χ4n) is 4.44. The molecule has 0 atom stereocenters. The molecule has 2 aliphatic rings. The summed E-state index contributed by atoms with van der Waals surface area (Å²) >= 11 is 0. The van der Waals surface area contributed by atoms with E-state index in [2.05, 4.69) is 25.8 Å². The van der Waals surface area contributed by atoms with E-state index in [0.717, 1.165) is 62.4 Å². The van der Waals surface area contributed by atoms with Gasteiger partial charge in [-0.3, -0.25) is 14.5 Å². The van der Waals surface area contributed by atoms with Crippen molar-refractivity contribution in [2.24, 2.45) is 0 Å². The molecule has 1 aromatic carbocycles. The van der Waals surface area contributed by atoms with E-state index in [1.807, 2.05) is 24.3 Å². The SMILES string of the molecule is O=C1CCOc2c1cccc2N1CCN(CCCCOc2ccc3ccc(=O)[nH]c3n2)CC1. The van der Waals surface area contributed by atoms with Gasteiger partial charge >= 0.3 is 0 Å². The van der Waals surface area contributed by atoms with E-state index in [1.165, 1.54) is 6.07 Å². The number of aromatic nitrogens is 2. The lowest BCUT2D eigenvalue weighted by atomic mass is 10.0. The number of benzene rings is 1. The average Bonchev–Trinajstić information content (AvgIpc) is 2.84. The molecule has 172 valence electrons. The van der Waals surface area contributed by atoms with Gasteiger partial charge in [0.15, 0.2) is 11.5 Å². The number of H-pyrrole nitrogens is 1. The number of para-hydroxylation sites is 1. The molecule has 3 aromatic rings. The zero-order valence-corrected chi connectivity index (χ0v) is 18.6. The van der Waals surface area contributed by atoms with Crippen molar-refractivity contribution in [2.45, 2.75) is 19.3 Å². The molecule has 4 heterocycles. The number of anilines is 1. The summed E-state index contributed by atoms with van der Waals surface area (Å²) in [6, 6.07) is 12.9. The van der Waals surface area contributed by atoms with Crippen molar-refractivity contribution in [1.82, 2.24) is 14.9 Å². The van der Waals surface area contributed by atoms with E-state index < -0.39 is 0 Å². The summed E-state index contributed by atoms with van der Waals surface area (Å²) in [4.78, 5) is 35.5. The van der Waals surface area contributed by atoms with E-state index in [9.17, 15) is 9.59 Å². The third-order valence-corrected chi connectivity index (χ3v) is 6.26. The molecule has 2 aliphatic heterocycles. The van der Waals surface area contributed by atoms with E-state index in [-0.39, 0.29) is 11.3 Å². The highest BCUT2D eigenvalue weighted by Crippen LogP contribution is 2.35. The molecule has 0 aliphatic carbocycles. The number of Topliss-reactive ketones (excluding diaryl/α,β-unsaturated/α-hetero) is 1. The lowest BCUT2D eigenvalue weighted by Gasteiger charge is -2.37. The third-order valence-electron chi connectivity index (χ3n) is 6.26. The summed E-state index contributed by atoms with van der Waals surface area (Å²) in [6.07, 6.45) is 2.44. The Morgan fingerprint density at radius 2 is 1.85 bits per heavy atom. The summed E-state index contributed by atoms with van der Waals surface area (Å²) < 4.78 is 11.6. The Kier molecular flexibility index (Phi) is 6.26. The number of hydrogen-bond donors (Lipinski definition) is 1. The van der Waals surface area contributed by atoms with Gasteiger partial charge in [0, 0.05) is 50.1 Å². The van der Waals surface area contributed by atoms with Crippen molar-refractivity contribution >= 4 is 22.5 Å². The fourth-order valence-corrected chi connectivity index (χ4v) is 4.44. The topological polar surface area (TPSA) is 87.8 Å². The highest BCUT2D eigenvalue weighted by molar-refractivity contribution is 6.01. The van der Waals surface area contributed by atoms with Crippen LogP contribution in [0.2, 0.25) is 0 Å². The largest absolute Gasteiger partial charge is 0.490 e.